The van der Waals surface area contributed by atoms with Gasteiger partial charge in [-0.1, -0.05) is 33.8 Å². The molecule has 1 aliphatic rings. The Hall–Kier alpha value is -0.590. The van der Waals surface area contributed by atoms with Crippen molar-refractivity contribution in [2.45, 2.75) is 34.1 Å². The molecule has 0 fully saturated rings. The monoisotopic (exact) mass is 151 g/mol. The highest BCUT2D eigenvalue weighted by atomic mass is 14.8. The Balaban J connectivity index is 2.72. The Morgan fingerprint density at radius 2 is 2.09 bits per heavy atom. The second-order valence-electron chi connectivity index (χ2n) is 4.15. The largest absolute Gasteiger partial charge is 0.265 e. The molecule has 1 aliphatic heterocycles. The third kappa shape index (κ3) is 1.92. The predicted octanol–water partition coefficient (Wildman–Crippen LogP) is 3.03. The van der Waals surface area contributed by atoms with E-state index in [1.807, 2.05) is 0 Å². The molecule has 0 radical (unpaired) electrons. The van der Waals surface area contributed by atoms with Crippen LogP contribution in [0.3, 0.4) is 0 Å². The summed E-state index contributed by atoms with van der Waals surface area (Å²) in [5.74, 6) is 0.587. The number of hydrogen-bond donors (Lipinski definition) is 0. The minimum absolute atomic E-state index is 0.223. The zero-order valence-corrected chi connectivity index (χ0v) is 7.89. The number of aliphatic imine (C=N–C) groups is 1. The fraction of sp³-hybridized carbons (Fsp3) is 0.700. The molecule has 0 N–H and O–H groups in total. The van der Waals surface area contributed by atoms with Gasteiger partial charge in [-0.3, -0.25) is 4.99 Å². The molecule has 1 heteroatoms. The lowest BCUT2D eigenvalue weighted by Crippen LogP contribution is -2.06. The lowest BCUT2D eigenvalue weighted by Gasteiger charge is -2.16. The summed E-state index contributed by atoms with van der Waals surface area (Å²) in [7, 11) is 0. The van der Waals surface area contributed by atoms with E-state index >= 15 is 0 Å². The van der Waals surface area contributed by atoms with E-state index < -0.39 is 0 Å². The highest BCUT2D eigenvalue weighted by molar-refractivity contribution is 5.68. The summed E-state index contributed by atoms with van der Waals surface area (Å²) in [6.07, 6.45) is 5.50. The lowest BCUT2D eigenvalue weighted by atomic mass is 9.91. The van der Waals surface area contributed by atoms with E-state index in [-0.39, 0.29) is 5.41 Å². The molecule has 1 atom stereocenters. The van der Waals surface area contributed by atoms with Crippen LogP contribution in [-0.4, -0.2) is 6.21 Å². The van der Waals surface area contributed by atoms with Crippen molar-refractivity contribution in [1.29, 1.82) is 0 Å². The zero-order valence-electron chi connectivity index (χ0n) is 7.89. The van der Waals surface area contributed by atoms with Crippen molar-refractivity contribution in [3.05, 3.63) is 11.8 Å². The minimum Gasteiger partial charge on any atom is -0.265 e. The summed E-state index contributed by atoms with van der Waals surface area (Å²) < 4.78 is 0. The van der Waals surface area contributed by atoms with Gasteiger partial charge in [-0.2, -0.15) is 0 Å². The molecule has 0 aliphatic carbocycles. The average molecular weight is 151 g/mol. The molecule has 0 spiro atoms. The van der Waals surface area contributed by atoms with Crippen molar-refractivity contribution in [2.24, 2.45) is 16.3 Å². The van der Waals surface area contributed by atoms with Crippen LogP contribution in [0.25, 0.3) is 0 Å². The number of nitrogens with zero attached hydrogens (tertiary/aromatic N) is 1. The highest BCUT2D eigenvalue weighted by Crippen LogP contribution is 2.30. The molecule has 0 aromatic carbocycles. The Labute approximate surface area is 69.2 Å². The first-order chi connectivity index (χ1) is 5.04. The fourth-order valence-corrected chi connectivity index (χ4v) is 1.13. The molecule has 0 aromatic rings. The van der Waals surface area contributed by atoms with Gasteiger partial charge >= 0.3 is 0 Å². The molecule has 11 heavy (non-hydrogen) atoms. The van der Waals surface area contributed by atoms with E-state index in [4.69, 9.17) is 0 Å². The third-order valence-corrected chi connectivity index (χ3v) is 2.02. The quantitative estimate of drug-likeness (QED) is 0.546. The van der Waals surface area contributed by atoms with Gasteiger partial charge < -0.3 is 0 Å². The van der Waals surface area contributed by atoms with Gasteiger partial charge in [-0.05, 0) is 6.42 Å². The van der Waals surface area contributed by atoms with Gasteiger partial charge in [0.2, 0.25) is 0 Å². The minimum atomic E-state index is 0.223. The Morgan fingerprint density at radius 1 is 1.45 bits per heavy atom. The summed E-state index contributed by atoms with van der Waals surface area (Å²) in [4.78, 5) is 4.40. The normalized spacial score (nSPS) is 24.0. The smallest absolute Gasteiger partial charge is 0.0420 e. The molecule has 0 amide bonds. The topological polar surface area (TPSA) is 12.4 Å². The van der Waals surface area contributed by atoms with E-state index in [0.717, 1.165) is 0 Å². The molecule has 0 aromatic heterocycles. The van der Waals surface area contributed by atoms with Crippen molar-refractivity contribution in [3.8, 4) is 0 Å². The van der Waals surface area contributed by atoms with Gasteiger partial charge in [0.15, 0.2) is 0 Å². The van der Waals surface area contributed by atoms with Crippen molar-refractivity contribution in [1.82, 2.24) is 0 Å². The summed E-state index contributed by atoms with van der Waals surface area (Å²) >= 11 is 0. The van der Waals surface area contributed by atoms with Gasteiger partial charge in [0.1, 0.15) is 0 Å². The second kappa shape index (κ2) is 2.80. The number of rotatable bonds is 1. The molecule has 1 heterocycles. The van der Waals surface area contributed by atoms with Crippen LogP contribution in [0, 0.1) is 11.3 Å². The van der Waals surface area contributed by atoms with Crippen molar-refractivity contribution in [2.75, 3.05) is 0 Å². The highest BCUT2D eigenvalue weighted by Gasteiger charge is 2.20. The van der Waals surface area contributed by atoms with Crippen molar-refractivity contribution < 1.29 is 0 Å². The molecular formula is C10H17N. The van der Waals surface area contributed by atoms with Gasteiger partial charge in [-0.25, -0.2) is 0 Å². The Morgan fingerprint density at radius 3 is 2.36 bits per heavy atom. The summed E-state index contributed by atoms with van der Waals surface area (Å²) in [6.45, 7) is 8.80. The van der Waals surface area contributed by atoms with E-state index in [0.29, 0.717) is 5.92 Å². The zero-order chi connectivity index (χ0) is 8.48. The SMILES string of the molecule is CCC1C=NC(C(C)(C)C)=C1. The molecule has 62 valence electrons. The van der Waals surface area contributed by atoms with E-state index in [2.05, 4.69) is 45.0 Å². The van der Waals surface area contributed by atoms with Crippen molar-refractivity contribution >= 4 is 6.21 Å². The van der Waals surface area contributed by atoms with Crippen LogP contribution in [0.5, 0.6) is 0 Å². The first-order valence-electron chi connectivity index (χ1n) is 4.30. The molecular weight excluding hydrogens is 134 g/mol. The summed E-state index contributed by atoms with van der Waals surface area (Å²) in [5.41, 5.74) is 1.46. The van der Waals surface area contributed by atoms with Gasteiger partial charge in [-0.15, -0.1) is 0 Å². The van der Waals surface area contributed by atoms with Crippen LogP contribution in [0.1, 0.15) is 34.1 Å². The Kier molecular flexibility index (Phi) is 2.17. The van der Waals surface area contributed by atoms with Crippen LogP contribution in [-0.2, 0) is 0 Å². The van der Waals surface area contributed by atoms with E-state index in [1.54, 1.807) is 0 Å². The fourth-order valence-electron chi connectivity index (χ4n) is 1.13. The maximum Gasteiger partial charge on any atom is 0.0420 e. The van der Waals surface area contributed by atoms with Crippen LogP contribution >= 0.6 is 0 Å². The maximum absolute atomic E-state index is 4.40. The van der Waals surface area contributed by atoms with Crippen LogP contribution in [0.4, 0.5) is 0 Å². The van der Waals surface area contributed by atoms with E-state index in [1.165, 1.54) is 12.1 Å². The first kappa shape index (κ1) is 8.51. The van der Waals surface area contributed by atoms with Gasteiger partial charge in [0, 0.05) is 23.2 Å². The first-order valence-corrected chi connectivity index (χ1v) is 4.30. The molecule has 0 bridgehead atoms. The van der Waals surface area contributed by atoms with Crippen LogP contribution in [0.15, 0.2) is 16.8 Å². The summed E-state index contributed by atoms with van der Waals surface area (Å²) in [6, 6.07) is 0. The second-order valence-corrected chi connectivity index (χ2v) is 4.15. The lowest BCUT2D eigenvalue weighted by molar-refractivity contribution is 0.498. The third-order valence-electron chi connectivity index (χ3n) is 2.02. The average Bonchev–Trinajstić information content (AvgIpc) is 2.32. The standard InChI is InChI=1S/C10H17N/c1-5-8-6-9(11-7-8)10(2,3)4/h6-8H,5H2,1-4H3. The van der Waals surface area contributed by atoms with Gasteiger partial charge in [0.25, 0.3) is 0 Å². The number of hydrogen-bond acceptors (Lipinski definition) is 1. The molecule has 1 nitrogen and oxygen atoms in total. The van der Waals surface area contributed by atoms with E-state index in [9.17, 15) is 0 Å². The molecule has 0 saturated heterocycles. The summed E-state index contributed by atoms with van der Waals surface area (Å²) in [5, 5.41) is 0. The van der Waals surface area contributed by atoms with Crippen molar-refractivity contribution in [3.63, 3.8) is 0 Å². The maximum atomic E-state index is 4.40. The number of allylic oxidation sites excluding steroid dienone is 2. The predicted molar refractivity (Wildman–Crippen MR) is 49.8 cm³/mol. The molecule has 1 rings (SSSR count). The molecule has 1 unspecified atom stereocenters. The van der Waals surface area contributed by atoms with Gasteiger partial charge in [0.05, 0.1) is 0 Å². The molecule has 0 saturated carbocycles. The van der Waals surface area contributed by atoms with Crippen LogP contribution in [0.2, 0.25) is 0 Å². The Bertz CT molecular complexity index is 193. The van der Waals surface area contributed by atoms with Crippen LogP contribution < -0.4 is 0 Å².